The number of carbonyl (C=O) groups excluding carboxylic acids is 1. The minimum absolute atomic E-state index is 0.0143. The number of aliphatic imine (C=N–C) groups is 1. The zero-order chi connectivity index (χ0) is 21.2. The van der Waals surface area contributed by atoms with Crippen LogP contribution in [0.3, 0.4) is 0 Å². The number of hydrogen-bond acceptors (Lipinski definition) is 3. The Morgan fingerprint density at radius 2 is 1.93 bits per heavy atom. The molecule has 1 amide bonds. The number of rotatable bonds is 8. The molecule has 0 aromatic heterocycles. The largest absolute Gasteiger partial charge is 0.494 e. The van der Waals surface area contributed by atoms with Crippen LogP contribution in [0.2, 0.25) is 0 Å². The van der Waals surface area contributed by atoms with Crippen LogP contribution in [0.4, 0.5) is 0 Å². The third-order valence-corrected chi connectivity index (χ3v) is 4.48. The number of nitrogens with zero attached hydrogens (tertiary/aromatic N) is 2. The molecule has 6 heteroatoms. The van der Waals surface area contributed by atoms with Crippen molar-refractivity contribution in [3.8, 4) is 5.75 Å². The lowest BCUT2D eigenvalue weighted by atomic mass is 10.1. The molecule has 0 heterocycles. The molecule has 0 bridgehead atoms. The second-order valence-electron chi connectivity index (χ2n) is 7.05. The van der Waals surface area contributed by atoms with Crippen molar-refractivity contribution >= 4 is 11.9 Å². The maximum Gasteiger partial charge on any atom is 0.253 e. The molecule has 0 spiro atoms. The lowest BCUT2D eigenvalue weighted by molar-refractivity contribution is 0.0827. The molecule has 29 heavy (non-hydrogen) atoms. The molecule has 0 aliphatic carbocycles. The van der Waals surface area contributed by atoms with Gasteiger partial charge in [-0.05, 0) is 49.6 Å². The number of ether oxygens (including phenoxy) is 1. The van der Waals surface area contributed by atoms with E-state index in [0.29, 0.717) is 25.3 Å². The van der Waals surface area contributed by atoms with E-state index in [-0.39, 0.29) is 5.91 Å². The molecule has 156 valence electrons. The normalized spacial score (nSPS) is 11.1. The average molecular weight is 397 g/mol. The fourth-order valence-corrected chi connectivity index (χ4v) is 2.94. The number of carbonyl (C=O) groups is 1. The maximum absolute atomic E-state index is 12.1. The van der Waals surface area contributed by atoms with Crippen molar-refractivity contribution in [2.75, 3.05) is 34.3 Å². The first-order valence-corrected chi connectivity index (χ1v) is 9.92. The van der Waals surface area contributed by atoms with Crippen LogP contribution in [-0.4, -0.2) is 51.1 Å². The zero-order valence-electron chi connectivity index (χ0n) is 18.1. The van der Waals surface area contributed by atoms with Crippen LogP contribution in [-0.2, 0) is 13.0 Å². The first-order chi connectivity index (χ1) is 13.9. The molecular formula is C23H32N4O2. The molecule has 0 unspecified atom stereocenters. The van der Waals surface area contributed by atoms with Gasteiger partial charge < -0.3 is 20.3 Å². The van der Waals surface area contributed by atoms with E-state index in [0.717, 1.165) is 29.3 Å². The maximum atomic E-state index is 12.1. The summed E-state index contributed by atoms with van der Waals surface area (Å²) in [7, 11) is 5.28. The van der Waals surface area contributed by atoms with Gasteiger partial charge in [0.05, 0.1) is 6.61 Å². The van der Waals surface area contributed by atoms with E-state index in [1.54, 1.807) is 26.0 Å². The smallest absolute Gasteiger partial charge is 0.253 e. The second kappa shape index (κ2) is 11.1. The summed E-state index contributed by atoms with van der Waals surface area (Å²) in [4.78, 5) is 18.0. The lowest BCUT2D eigenvalue weighted by Crippen LogP contribution is -2.38. The average Bonchev–Trinajstić information content (AvgIpc) is 2.71. The summed E-state index contributed by atoms with van der Waals surface area (Å²) in [6, 6.07) is 14.0. The Morgan fingerprint density at radius 3 is 2.62 bits per heavy atom. The van der Waals surface area contributed by atoms with Crippen molar-refractivity contribution in [1.82, 2.24) is 15.5 Å². The van der Waals surface area contributed by atoms with Gasteiger partial charge in [-0.2, -0.15) is 0 Å². The predicted octanol–water partition coefficient (Wildman–Crippen LogP) is 3.00. The highest BCUT2D eigenvalue weighted by Crippen LogP contribution is 2.20. The molecule has 0 atom stereocenters. The van der Waals surface area contributed by atoms with Crippen LogP contribution in [0.25, 0.3) is 0 Å². The Labute approximate surface area is 174 Å². The Bertz CT molecular complexity index is 847. The Hall–Kier alpha value is -3.02. The van der Waals surface area contributed by atoms with E-state index in [1.165, 1.54) is 5.56 Å². The van der Waals surface area contributed by atoms with Gasteiger partial charge >= 0.3 is 0 Å². The van der Waals surface area contributed by atoms with E-state index >= 15 is 0 Å². The molecule has 2 N–H and O–H groups in total. The summed E-state index contributed by atoms with van der Waals surface area (Å²) < 4.78 is 5.74. The topological polar surface area (TPSA) is 66.0 Å². The number of benzene rings is 2. The number of guanidine groups is 1. The molecular weight excluding hydrogens is 364 g/mol. The minimum atomic E-state index is 0.0143. The van der Waals surface area contributed by atoms with Crippen molar-refractivity contribution in [2.24, 2.45) is 4.99 Å². The molecule has 0 aliphatic heterocycles. The molecule has 0 saturated carbocycles. The summed E-state index contributed by atoms with van der Waals surface area (Å²) in [6.07, 6.45) is 0.796. The van der Waals surface area contributed by atoms with Crippen molar-refractivity contribution in [3.05, 3.63) is 64.7 Å². The number of nitrogens with one attached hydrogen (secondary N) is 2. The van der Waals surface area contributed by atoms with Gasteiger partial charge in [-0.15, -0.1) is 0 Å². The van der Waals surface area contributed by atoms with Gasteiger partial charge in [-0.1, -0.05) is 24.3 Å². The van der Waals surface area contributed by atoms with Gasteiger partial charge in [0.25, 0.3) is 5.91 Å². The highest BCUT2D eigenvalue weighted by Gasteiger charge is 2.09. The monoisotopic (exact) mass is 396 g/mol. The van der Waals surface area contributed by atoms with Crippen LogP contribution < -0.4 is 15.4 Å². The van der Waals surface area contributed by atoms with Gasteiger partial charge in [0.15, 0.2) is 5.96 Å². The van der Waals surface area contributed by atoms with E-state index < -0.39 is 0 Å². The quantitative estimate of drug-likeness (QED) is 0.532. The molecule has 0 fully saturated rings. The van der Waals surface area contributed by atoms with Crippen LogP contribution in [0.15, 0.2) is 47.5 Å². The Kier molecular flexibility index (Phi) is 8.52. The lowest BCUT2D eigenvalue weighted by Gasteiger charge is -2.15. The summed E-state index contributed by atoms with van der Waals surface area (Å²) in [5, 5.41) is 6.66. The minimum Gasteiger partial charge on any atom is -0.494 e. The fourth-order valence-electron chi connectivity index (χ4n) is 2.94. The van der Waals surface area contributed by atoms with E-state index in [1.807, 2.05) is 31.2 Å². The van der Waals surface area contributed by atoms with Crippen molar-refractivity contribution in [3.63, 3.8) is 0 Å². The summed E-state index contributed by atoms with van der Waals surface area (Å²) in [6.45, 7) is 6.02. The number of hydrogen-bond donors (Lipinski definition) is 2. The van der Waals surface area contributed by atoms with Crippen molar-refractivity contribution in [2.45, 2.75) is 26.8 Å². The van der Waals surface area contributed by atoms with Gasteiger partial charge in [-0.3, -0.25) is 9.79 Å². The zero-order valence-corrected chi connectivity index (χ0v) is 18.1. The Balaban J connectivity index is 1.89. The van der Waals surface area contributed by atoms with Gasteiger partial charge in [0.1, 0.15) is 5.75 Å². The van der Waals surface area contributed by atoms with Gasteiger partial charge in [0.2, 0.25) is 0 Å². The van der Waals surface area contributed by atoms with Gasteiger partial charge in [-0.25, -0.2) is 0 Å². The predicted molar refractivity (Wildman–Crippen MR) is 119 cm³/mol. The van der Waals surface area contributed by atoms with E-state index in [9.17, 15) is 4.79 Å². The molecule has 2 aromatic carbocycles. The third-order valence-electron chi connectivity index (χ3n) is 4.48. The number of amides is 1. The highest BCUT2D eigenvalue weighted by atomic mass is 16.5. The highest BCUT2D eigenvalue weighted by molar-refractivity contribution is 5.94. The second-order valence-corrected chi connectivity index (χ2v) is 7.05. The molecule has 0 aliphatic rings. The molecule has 6 nitrogen and oxygen atoms in total. The van der Waals surface area contributed by atoms with Crippen molar-refractivity contribution in [1.29, 1.82) is 0 Å². The molecule has 0 saturated heterocycles. The summed E-state index contributed by atoms with van der Waals surface area (Å²) in [5.74, 6) is 1.65. The molecule has 0 radical (unpaired) electrons. The molecule has 2 rings (SSSR count). The van der Waals surface area contributed by atoms with E-state index in [4.69, 9.17) is 4.74 Å². The fraction of sp³-hybridized carbons (Fsp3) is 0.391. The van der Waals surface area contributed by atoms with Crippen molar-refractivity contribution < 1.29 is 9.53 Å². The summed E-state index contributed by atoms with van der Waals surface area (Å²) in [5.41, 5.74) is 4.08. The SMILES string of the molecule is CCOc1cc(C)ccc1CNC(=NC)NCCc1cccc(C(=O)N(C)C)c1. The Morgan fingerprint density at radius 1 is 1.14 bits per heavy atom. The van der Waals surface area contributed by atoms with Crippen LogP contribution >= 0.6 is 0 Å². The number of aryl methyl sites for hydroxylation is 1. The van der Waals surface area contributed by atoms with Crippen LogP contribution in [0.1, 0.15) is 34.0 Å². The standard InChI is InChI=1S/C23H32N4O2/c1-6-29-21-14-17(2)10-11-20(21)16-26-23(24-3)25-13-12-18-8-7-9-19(15-18)22(28)27(4)5/h7-11,14-15H,6,12-13,16H2,1-5H3,(H2,24,25,26). The molecule has 2 aromatic rings. The van der Waals surface area contributed by atoms with Crippen LogP contribution in [0, 0.1) is 6.92 Å². The van der Waals surface area contributed by atoms with Gasteiger partial charge in [0, 0.05) is 45.4 Å². The first-order valence-electron chi connectivity index (χ1n) is 9.92. The summed E-state index contributed by atoms with van der Waals surface area (Å²) >= 11 is 0. The first kappa shape index (κ1) is 22.3. The van der Waals surface area contributed by atoms with Crippen LogP contribution in [0.5, 0.6) is 5.75 Å². The third kappa shape index (κ3) is 6.82. The van der Waals surface area contributed by atoms with E-state index in [2.05, 4.69) is 40.7 Å².